The van der Waals surface area contributed by atoms with E-state index in [1.165, 1.54) is 6.07 Å². The fourth-order valence-electron chi connectivity index (χ4n) is 1.32. The largest absolute Gasteiger partial charge is 0.480 e. The molecule has 2 N–H and O–H groups in total. The number of anilines is 1. The Kier molecular flexibility index (Phi) is 4.25. The third-order valence-corrected chi connectivity index (χ3v) is 2.10. The molecule has 0 fully saturated rings. The lowest BCUT2D eigenvalue weighted by atomic mass is 10.2. The summed E-state index contributed by atoms with van der Waals surface area (Å²) in [6, 6.07) is 4.72. The fraction of sp³-hybridized carbons (Fsp3) is 0.364. The van der Waals surface area contributed by atoms with Gasteiger partial charge in [0.1, 0.15) is 5.82 Å². The number of carboxylic acid groups (broad SMARTS) is 1. The number of hydrogen-bond acceptors (Lipinski definition) is 3. The number of aliphatic carboxylic acids is 1. The summed E-state index contributed by atoms with van der Waals surface area (Å²) >= 11 is 0. The SMILES string of the molecule is CN(C)c1cc(CNCC(=O)O)ccc1F. The average molecular weight is 226 g/mol. The number of carbonyl (C=O) groups is 1. The number of rotatable bonds is 5. The van der Waals surface area contributed by atoms with E-state index in [9.17, 15) is 9.18 Å². The van der Waals surface area contributed by atoms with Crippen LogP contribution in [0.2, 0.25) is 0 Å². The summed E-state index contributed by atoms with van der Waals surface area (Å²) in [6.07, 6.45) is 0. The molecule has 0 saturated heterocycles. The molecule has 1 rings (SSSR count). The highest BCUT2D eigenvalue weighted by Crippen LogP contribution is 2.18. The van der Waals surface area contributed by atoms with Gasteiger partial charge in [-0.3, -0.25) is 4.79 Å². The summed E-state index contributed by atoms with van der Waals surface area (Å²) in [5.74, 6) is -1.19. The lowest BCUT2D eigenvalue weighted by Crippen LogP contribution is -2.22. The molecule has 16 heavy (non-hydrogen) atoms. The second-order valence-electron chi connectivity index (χ2n) is 3.68. The first-order valence-electron chi connectivity index (χ1n) is 4.89. The van der Waals surface area contributed by atoms with E-state index in [2.05, 4.69) is 5.32 Å². The van der Waals surface area contributed by atoms with Crippen LogP contribution in [0.1, 0.15) is 5.56 Å². The van der Waals surface area contributed by atoms with Crippen LogP contribution in [0.25, 0.3) is 0 Å². The van der Waals surface area contributed by atoms with E-state index in [0.717, 1.165) is 5.56 Å². The first kappa shape index (κ1) is 12.4. The number of nitrogens with zero attached hydrogens (tertiary/aromatic N) is 1. The topological polar surface area (TPSA) is 52.6 Å². The van der Waals surface area contributed by atoms with Gasteiger partial charge in [-0.2, -0.15) is 0 Å². The van der Waals surface area contributed by atoms with E-state index in [1.54, 1.807) is 31.1 Å². The Morgan fingerprint density at radius 2 is 2.19 bits per heavy atom. The Balaban J connectivity index is 2.67. The average Bonchev–Trinajstić information content (AvgIpc) is 2.19. The number of halogens is 1. The molecule has 0 aliphatic rings. The molecule has 5 heteroatoms. The van der Waals surface area contributed by atoms with Gasteiger partial charge in [0.2, 0.25) is 0 Å². The molecule has 4 nitrogen and oxygen atoms in total. The van der Waals surface area contributed by atoms with Crippen molar-refractivity contribution in [3.8, 4) is 0 Å². The molecule has 0 aromatic heterocycles. The first-order chi connectivity index (χ1) is 7.50. The van der Waals surface area contributed by atoms with Gasteiger partial charge in [-0.15, -0.1) is 0 Å². The quantitative estimate of drug-likeness (QED) is 0.788. The van der Waals surface area contributed by atoms with Gasteiger partial charge in [-0.1, -0.05) is 6.07 Å². The maximum atomic E-state index is 13.3. The van der Waals surface area contributed by atoms with Gasteiger partial charge in [0.15, 0.2) is 0 Å². The van der Waals surface area contributed by atoms with Crippen LogP contribution in [0, 0.1) is 5.82 Å². The van der Waals surface area contributed by atoms with Crippen molar-refractivity contribution in [2.24, 2.45) is 0 Å². The van der Waals surface area contributed by atoms with Crippen LogP contribution in [0.5, 0.6) is 0 Å². The van der Waals surface area contributed by atoms with E-state index in [1.807, 2.05) is 0 Å². The fourth-order valence-corrected chi connectivity index (χ4v) is 1.32. The minimum absolute atomic E-state index is 0.103. The predicted molar refractivity (Wildman–Crippen MR) is 60.1 cm³/mol. The van der Waals surface area contributed by atoms with Crippen LogP contribution >= 0.6 is 0 Å². The van der Waals surface area contributed by atoms with Gasteiger partial charge >= 0.3 is 5.97 Å². The summed E-state index contributed by atoms with van der Waals surface area (Å²) in [5.41, 5.74) is 1.35. The van der Waals surface area contributed by atoms with Gasteiger partial charge in [0.05, 0.1) is 12.2 Å². The highest BCUT2D eigenvalue weighted by Gasteiger charge is 2.05. The maximum absolute atomic E-state index is 13.3. The normalized spacial score (nSPS) is 10.2. The van der Waals surface area contributed by atoms with Gasteiger partial charge in [-0.05, 0) is 17.7 Å². The highest BCUT2D eigenvalue weighted by atomic mass is 19.1. The third kappa shape index (κ3) is 3.51. The molecule has 0 amide bonds. The number of nitrogens with one attached hydrogen (secondary N) is 1. The molecule has 0 aliphatic heterocycles. The molecule has 0 radical (unpaired) electrons. The van der Waals surface area contributed by atoms with Crippen molar-refractivity contribution in [1.82, 2.24) is 5.32 Å². The molecule has 0 saturated carbocycles. The summed E-state index contributed by atoms with van der Waals surface area (Å²) in [7, 11) is 3.51. The summed E-state index contributed by atoms with van der Waals surface area (Å²) in [5, 5.41) is 11.2. The van der Waals surface area contributed by atoms with Gasteiger partial charge in [0.25, 0.3) is 0 Å². The van der Waals surface area contributed by atoms with Gasteiger partial charge in [-0.25, -0.2) is 4.39 Å². The Labute approximate surface area is 93.7 Å². The van der Waals surface area contributed by atoms with Crippen molar-refractivity contribution in [2.45, 2.75) is 6.54 Å². The van der Waals surface area contributed by atoms with Crippen molar-refractivity contribution >= 4 is 11.7 Å². The highest BCUT2D eigenvalue weighted by molar-refractivity contribution is 5.69. The monoisotopic (exact) mass is 226 g/mol. The minimum atomic E-state index is -0.907. The Bertz CT molecular complexity index is 380. The molecular weight excluding hydrogens is 211 g/mol. The lowest BCUT2D eigenvalue weighted by Gasteiger charge is -2.14. The Morgan fingerprint density at radius 1 is 1.50 bits per heavy atom. The summed E-state index contributed by atoms with van der Waals surface area (Å²) in [6.45, 7) is 0.308. The lowest BCUT2D eigenvalue weighted by molar-refractivity contribution is -0.135. The van der Waals surface area contributed by atoms with Crippen LogP contribution < -0.4 is 10.2 Å². The van der Waals surface area contributed by atoms with Crippen LogP contribution in [0.15, 0.2) is 18.2 Å². The van der Waals surface area contributed by atoms with Crippen LogP contribution in [0.3, 0.4) is 0 Å². The zero-order valence-electron chi connectivity index (χ0n) is 9.33. The predicted octanol–water partition coefficient (Wildman–Crippen LogP) is 1.07. The minimum Gasteiger partial charge on any atom is -0.480 e. The van der Waals surface area contributed by atoms with Crippen LogP contribution in [-0.2, 0) is 11.3 Å². The van der Waals surface area contributed by atoms with E-state index in [-0.39, 0.29) is 12.4 Å². The van der Waals surface area contributed by atoms with Crippen LogP contribution in [0.4, 0.5) is 10.1 Å². The number of hydrogen-bond donors (Lipinski definition) is 2. The molecule has 1 aromatic rings. The van der Waals surface area contributed by atoms with Gasteiger partial charge in [0, 0.05) is 20.6 Å². The van der Waals surface area contributed by atoms with Crippen molar-refractivity contribution in [2.75, 3.05) is 25.5 Å². The summed E-state index contributed by atoms with van der Waals surface area (Å²) < 4.78 is 13.3. The summed E-state index contributed by atoms with van der Waals surface area (Å²) in [4.78, 5) is 12.0. The second kappa shape index (κ2) is 5.46. The molecule has 0 aliphatic carbocycles. The van der Waals surface area contributed by atoms with Crippen molar-refractivity contribution in [3.05, 3.63) is 29.6 Å². The molecule has 0 heterocycles. The molecular formula is C11H15FN2O2. The maximum Gasteiger partial charge on any atom is 0.317 e. The van der Waals surface area contributed by atoms with E-state index >= 15 is 0 Å². The van der Waals surface area contributed by atoms with E-state index in [4.69, 9.17) is 5.11 Å². The molecule has 1 aromatic carbocycles. The molecule has 0 atom stereocenters. The van der Waals surface area contributed by atoms with Crippen LogP contribution in [-0.4, -0.2) is 31.7 Å². The molecule has 0 bridgehead atoms. The molecule has 0 unspecified atom stereocenters. The van der Waals surface area contributed by atoms with Crippen molar-refractivity contribution < 1.29 is 14.3 Å². The van der Waals surface area contributed by atoms with Crippen molar-refractivity contribution in [1.29, 1.82) is 0 Å². The number of carboxylic acids is 1. The number of benzene rings is 1. The standard InChI is InChI=1S/C11H15FN2O2/c1-14(2)10-5-8(3-4-9(10)12)6-13-7-11(15)16/h3-5,13H,6-7H2,1-2H3,(H,15,16). The third-order valence-electron chi connectivity index (χ3n) is 2.10. The zero-order chi connectivity index (χ0) is 12.1. The molecule has 88 valence electrons. The first-order valence-corrected chi connectivity index (χ1v) is 4.89. The van der Waals surface area contributed by atoms with E-state index in [0.29, 0.717) is 12.2 Å². The second-order valence-corrected chi connectivity index (χ2v) is 3.68. The van der Waals surface area contributed by atoms with Crippen molar-refractivity contribution in [3.63, 3.8) is 0 Å². The van der Waals surface area contributed by atoms with E-state index < -0.39 is 5.97 Å². The Morgan fingerprint density at radius 3 is 2.75 bits per heavy atom. The zero-order valence-corrected chi connectivity index (χ0v) is 9.33. The smallest absolute Gasteiger partial charge is 0.317 e. The van der Waals surface area contributed by atoms with Gasteiger partial charge < -0.3 is 15.3 Å². The molecule has 0 spiro atoms. The Hall–Kier alpha value is -1.62.